The maximum Gasteiger partial charge on any atom is 0.264 e. The summed E-state index contributed by atoms with van der Waals surface area (Å²) in [5.41, 5.74) is 0.713. The Kier molecular flexibility index (Phi) is 6.39. The van der Waals surface area contributed by atoms with Gasteiger partial charge in [-0.15, -0.1) is 0 Å². The van der Waals surface area contributed by atoms with Crippen LogP contribution in [0.2, 0.25) is 0 Å². The van der Waals surface area contributed by atoms with Crippen molar-refractivity contribution in [1.29, 1.82) is 0 Å². The predicted molar refractivity (Wildman–Crippen MR) is 78.6 cm³/mol. The molecule has 0 bridgehead atoms. The van der Waals surface area contributed by atoms with E-state index in [9.17, 15) is 13.2 Å². The van der Waals surface area contributed by atoms with Crippen LogP contribution in [0.1, 0.15) is 13.8 Å². The lowest BCUT2D eigenvalue weighted by Gasteiger charge is -2.08. The molecule has 0 atom stereocenters. The molecule has 0 saturated heterocycles. The van der Waals surface area contributed by atoms with E-state index in [1.165, 1.54) is 30.3 Å². The van der Waals surface area contributed by atoms with Gasteiger partial charge in [-0.3, -0.25) is 4.79 Å². The number of rotatable bonds is 7. The number of benzene rings is 1. The summed E-state index contributed by atoms with van der Waals surface area (Å²) in [4.78, 5) is 11.5. The van der Waals surface area contributed by atoms with E-state index in [4.69, 9.17) is 9.47 Å². The van der Waals surface area contributed by atoms with Crippen molar-refractivity contribution < 1.29 is 22.7 Å². The van der Waals surface area contributed by atoms with Gasteiger partial charge in [0, 0.05) is 13.2 Å². The van der Waals surface area contributed by atoms with Gasteiger partial charge >= 0.3 is 0 Å². The van der Waals surface area contributed by atoms with Crippen LogP contribution in [0.25, 0.3) is 0 Å². The molecule has 0 heterocycles. The maximum absolute atomic E-state index is 12.0. The average molecular weight is 313 g/mol. The van der Waals surface area contributed by atoms with Gasteiger partial charge in [0.05, 0.1) is 11.5 Å². The molecular weight excluding hydrogens is 294 g/mol. The molecule has 116 valence electrons. The van der Waals surface area contributed by atoms with Crippen LogP contribution in [0.15, 0.2) is 40.8 Å². The number of nitrogens with one attached hydrogen (secondary N) is 1. The molecule has 1 N–H and O–H groups in total. The lowest BCUT2D eigenvalue weighted by Crippen LogP contribution is -2.29. The number of ether oxygens (including phenoxy) is 2. The van der Waals surface area contributed by atoms with Crippen molar-refractivity contribution in [3.63, 3.8) is 0 Å². The summed E-state index contributed by atoms with van der Waals surface area (Å²) in [6.07, 6.45) is 1.22. The smallest absolute Gasteiger partial charge is 0.264 e. The van der Waals surface area contributed by atoms with Crippen LogP contribution < -0.4 is 9.46 Å². The van der Waals surface area contributed by atoms with Crippen LogP contribution in [-0.4, -0.2) is 34.6 Å². The third-order valence-electron chi connectivity index (χ3n) is 2.34. The van der Waals surface area contributed by atoms with E-state index in [2.05, 4.69) is 0 Å². The monoisotopic (exact) mass is 313 g/mol. The number of hydrogen-bond acceptors (Lipinski definition) is 5. The molecule has 0 aliphatic rings. The zero-order chi connectivity index (χ0) is 15.9. The molecule has 1 rings (SSSR count). The number of allylic oxidation sites excluding steroid dienone is 1. The lowest BCUT2D eigenvalue weighted by molar-refractivity contribution is -0.114. The van der Waals surface area contributed by atoms with Gasteiger partial charge in [-0.25, -0.2) is 13.1 Å². The minimum absolute atomic E-state index is 0.00269. The molecule has 1 amide bonds. The zero-order valence-corrected chi connectivity index (χ0v) is 13.1. The first kappa shape index (κ1) is 17.2. The molecule has 0 unspecified atom stereocenters. The molecule has 21 heavy (non-hydrogen) atoms. The molecule has 0 aliphatic carbocycles. The molecule has 1 aromatic carbocycles. The van der Waals surface area contributed by atoms with Gasteiger partial charge in [-0.2, -0.15) is 0 Å². The number of carbonyl (C=O) groups is 1. The van der Waals surface area contributed by atoms with Gasteiger partial charge in [0.25, 0.3) is 15.9 Å². The lowest BCUT2D eigenvalue weighted by atomic mass is 10.3. The van der Waals surface area contributed by atoms with Crippen LogP contribution in [0.3, 0.4) is 0 Å². The van der Waals surface area contributed by atoms with E-state index >= 15 is 0 Å². The number of carbonyl (C=O) groups excluding carboxylic acids is 1. The van der Waals surface area contributed by atoms with E-state index < -0.39 is 15.9 Å². The fourth-order valence-corrected chi connectivity index (χ4v) is 2.38. The third-order valence-corrected chi connectivity index (χ3v) is 3.71. The van der Waals surface area contributed by atoms with Crippen molar-refractivity contribution in [1.82, 2.24) is 4.72 Å². The molecule has 0 radical (unpaired) electrons. The highest BCUT2D eigenvalue weighted by Crippen LogP contribution is 2.15. The summed E-state index contributed by atoms with van der Waals surface area (Å²) in [5, 5.41) is 0. The normalized spacial score (nSPS) is 10.8. The predicted octanol–water partition coefficient (Wildman–Crippen LogP) is 1.48. The number of hydrogen-bond donors (Lipinski definition) is 1. The minimum Gasteiger partial charge on any atom is -0.491 e. The quantitative estimate of drug-likeness (QED) is 0.609. The number of amides is 1. The molecule has 0 aliphatic heterocycles. The van der Waals surface area contributed by atoms with Gasteiger partial charge in [0.15, 0.2) is 0 Å². The van der Waals surface area contributed by atoms with Crippen LogP contribution >= 0.6 is 0 Å². The summed E-state index contributed by atoms with van der Waals surface area (Å²) in [6.45, 7) is 4.23. The van der Waals surface area contributed by atoms with Crippen molar-refractivity contribution in [3.8, 4) is 5.75 Å². The van der Waals surface area contributed by atoms with Crippen molar-refractivity contribution >= 4 is 15.9 Å². The number of methoxy groups -OCH3 is 1. The Labute approximate surface area is 124 Å². The highest BCUT2D eigenvalue weighted by Gasteiger charge is 2.16. The molecule has 6 nitrogen and oxygen atoms in total. The maximum atomic E-state index is 12.0. The van der Waals surface area contributed by atoms with Crippen molar-refractivity contribution in [2.24, 2.45) is 0 Å². The Hall–Kier alpha value is -1.86. The summed E-state index contributed by atoms with van der Waals surface area (Å²) in [7, 11) is -2.31. The average Bonchev–Trinajstić information content (AvgIpc) is 2.38. The molecule has 1 aromatic rings. The first-order valence-electron chi connectivity index (χ1n) is 6.28. The first-order valence-corrected chi connectivity index (χ1v) is 7.77. The topological polar surface area (TPSA) is 81.7 Å². The second-order valence-electron chi connectivity index (χ2n) is 4.50. The summed E-state index contributed by atoms with van der Waals surface area (Å²) in [6, 6.07) is 5.80. The van der Waals surface area contributed by atoms with Gasteiger partial charge in [-0.1, -0.05) is 5.57 Å². The first-order chi connectivity index (χ1) is 9.85. The van der Waals surface area contributed by atoms with Gasteiger partial charge in [0.1, 0.15) is 12.4 Å². The number of sulfonamides is 1. The molecule has 7 heteroatoms. The van der Waals surface area contributed by atoms with Crippen LogP contribution in [0.5, 0.6) is 5.75 Å². The molecule has 0 aromatic heterocycles. The molecule has 0 saturated carbocycles. The van der Waals surface area contributed by atoms with E-state index in [0.29, 0.717) is 24.5 Å². The Morgan fingerprint density at radius 2 is 1.81 bits per heavy atom. The summed E-state index contributed by atoms with van der Waals surface area (Å²) < 4.78 is 36.1. The highest BCUT2D eigenvalue weighted by atomic mass is 32.2. The largest absolute Gasteiger partial charge is 0.491 e. The van der Waals surface area contributed by atoms with Crippen LogP contribution in [0, 0.1) is 0 Å². The summed E-state index contributed by atoms with van der Waals surface area (Å²) in [5.74, 6) is -0.142. The van der Waals surface area contributed by atoms with E-state index in [1.54, 1.807) is 21.0 Å². The van der Waals surface area contributed by atoms with Crippen LogP contribution in [0.4, 0.5) is 0 Å². The Morgan fingerprint density at radius 3 is 2.33 bits per heavy atom. The van der Waals surface area contributed by atoms with Crippen molar-refractivity contribution in [3.05, 3.63) is 35.9 Å². The van der Waals surface area contributed by atoms with Gasteiger partial charge in [-0.05, 0) is 38.1 Å². The second kappa shape index (κ2) is 7.80. The van der Waals surface area contributed by atoms with Gasteiger partial charge < -0.3 is 9.47 Å². The fraction of sp³-hybridized carbons (Fsp3) is 0.357. The summed E-state index contributed by atoms with van der Waals surface area (Å²) >= 11 is 0. The Balaban J connectivity index is 2.76. The molecular formula is C14H19NO5S. The molecule has 0 fully saturated rings. The SMILES string of the molecule is COCCOc1ccc(S(=O)(=O)NC(=O)C=C(C)C)cc1. The van der Waals surface area contributed by atoms with Gasteiger partial charge in [0.2, 0.25) is 0 Å². The Morgan fingerprint density at radius 1 is 1.19 bits per heavy atom. The van der Waals surface area contributed by atoms with Crippen LogP contribution in [-0.2, 0) is 19.6 Å². The van der Waals surface area contributed by atoms with Crippen molar-refractivity contribution in [2.75, 3.05) is 20.3 Å². The minimum atomic E-state index is -3.87. The van der Waals surface area contributed by atoms with E-state index in [1.807, 2.05) is 4.72 Å². The Bertz CT molecular complexity index is 601. The van der Waals surface area contributed by atoms with E-state index in [0.717, 1.165) is 0 Å². The third kappa shape index (κ3) is 5.97. The van der Waals surface area contributed by atoms with Crippen molar-refractivity contribution in [2.45, 2.75) is 18.7 Å². The second-order valence-corrected chi connectivity index (χ2v) is 6.19. The zero-order valence-electron chi connectivity index (χ0n) is 12.3. The standard InChI is InChI=1S/C14H19NO5S/c1-11(2)10-14(16)15-21(17,18)13-6-4-12(5-7-13)20-9-8-19-3/h4-7,10H,8-9H2,1-3H3,(H,15,16). The van der Waals surface area contributed by atoms with E-state index in [-0.39, 0.29) is 4.90 Å². The fourth-order valence-electron chi connectivity index (χ4n) is 1.44. The molecule has 0 spiro atoms. The highest BCUT2D eigenvalue weighted by molar-refractivity contribution is 7.90.